The number of hydrogen-bond acceptors (Lipinski definition) is 3. The molecule has 1 aromatic rings. The third-order valence-electron chi connectivity index (χ3n) is 4.43. The molecular weight excluding hydrogens is 248 g/mol. The Balaban J connectivity index is 1.93. The summed E-state index contributed by atoms with van der Waals surface area (Å²) in [5.74, 6) is 0.579. The van der Waals surface area contributed by atoms with Gasteiger partial charge in [-0.1, -0.05) is 37.3 Å². The van der Waals surface area contributed by atoms with Crippen molar-refractivity contribution in [2.75, 3.05) is 33.9 Å². The summed E-state index contributed by atoms with van der Waals surface area (Å²) in [6, 6.07) is 11.8. The summed E-state index contributed by atoms with van der Waals surface area (Å²) in [4.78, 5) is 2.51. The molecule has 0 amide bonds. The van der Waals surface area contributed by atoms with Gasteiger partial charge in [-0.3, -0.25) is 0 Å². The van der Waals surface area contributed by atoms with Crippen LogP contribution in [0.25, 0.3) is 0 Å². The van der Waals surface area contributed by atoms with Crippen LogP contribution < -0.4 is 5.32 Å². The Bertz CT molecular complexity index is 376. The molecule has 20 heavy (non-hydrogen) atoms. The monoisotopic (exact) mass is 276 g/mol. The summed E-state index contributed by atoms with van der Waals surface area (Å²) < 4.78 is 5.45. The van der Waals surface area contributed by atoms with Crippen molar-refractivity contribution in [1.29, 1.82) is 0 Å². The molecule has 1 aliphatic rings. The highest BCUT2D eigenvalue weighted by molar-refractivity contribution is 5.19. The van der Waals surface area contributed by atoms with E-state index in [1.807, 2.05) is 0 Å². The molecule has 1 saturated heterocycles. The maximum Gasteiger partial charge on any atom is 0.0480 e. The molecule has 2 rings (SSSR count). The first-order valence-corrected chi connectivity index (χ1v) is 7.72. The first kappa shape index (κ1) is 15.5. The van der Waals surface area contributed by atoms with Gasteiger partial charge in [0.1, 0.15) is 0 Å². The maximum absolute atomic E-state index is 5.45. The lowest BCUT2D eigenvalue weighted by Gasteiger charge is -2.35. The predicted octanol–water partition coefficient (Wildman–Crippen LogP) is 2.69. The van der Waals surface area contributed by atoms with E-state index in [-0.39, 0.29) is 0 Å². The number of benzene rings is 1. The Kier molecular flexibility index (Phi) is 6.02. The molecule has 0 aliphatic carbocycles. The molecule has 1 N–H and O–H groups in total. The van der Waals surface area contributed by atoms with E-state index in [2.05, 4.69) is 61.6 Å². The number of nitrogens with one attached hydrogen (secondary N) is 1. The molecule has 1 heterocycles. The molecule has 1 aliphatic heterocycles. The maximum atomic E-state index is 5.45. The van der Waals surface area contributed by atoms with Crippen LogP contribution in [0, 0.1) is 5.92 Å². The van der Waals surface area contributed by atoms with Crippen LogP contribution in [0.15, 0.2) is 30.3 Å². The Morgan fingerprint density at radius 1 is 1.25 bits per heavy atom. The lowest BCUT2D eigenvalue weighted by Crippen LogP contribution is -2.41. The van der Waals surface area contributed by atoms with Gasteiger partial charge in [-0.05, 0) is 38.4 Å². The van der Waals surface area contributed by atoms with E-state index in [0.29, 0.717) is 18.0 Å². The van der Waals surface area contributed by atoms with E-state index in [9.17, 15) is 0 Å². The first-order chi connectivity index (χ1) is 9.72. The fraction of sp³-hybridized carbons (Fsp3) is 0.647. The fourth-order valence-electron chi connectivity index (χ4n) is 3.27. The van der Waals surface area contributed by atoms with Crippen molar-refractivity contribution in [2.45, 2.75) is 31.8 Å². The van der Waals surface area contributed by atoms with Crippen LogP contribution in [-0.2, 0) is 4.74 Å². The Morgan fingerprint density at radius 3 is 2.50 bits per heavy atom. The standard InChI is InChI=1S/C17H28N2O/c1-14(13-19(3)16-9-11-20-12-10-16)17(18-2)15-7-5-4-6-8-15/h4-8,14,16-18H,9-13H2,1-3H3. The van der Waals surface area contributed by atoms with Crippen LogP contribution in [0.5, 0.6) is 0 Å². The molecule has 0 spiro atoms. The molecule has 0 bridgehead atoms. The average molecular weight is 276 g/mol. The van der Waals surface area contributed by atoms with Crippen molar-refractivity contribution in [3.8, 4) is 0 Å². The van der Waals surface area contributed by atoms with E-state index in [4.69, 9.17) is 4.74 Å². The van der Waals surface area contributed by atoms with Gasteiger partial charge in [-0.25, -0.2) is 0 Å². The number of rotatable bonds is 6. The third-order valence-corrected chi connectivity index (χ3v) is 4.43. The van der Waals surface area contributed by atoms with Crippen LogP contribution in [0.3, 0.4) is 0 Å². The van der Waals surface area contributed by atoms with Crippen LogP contribution in [0.4, 0.5) is 0 Å². The highest BCUT2D eigenvalue weighted by atomic mass is 16.5. The molecule has 2 atom stereocenters. The largest absolute Gasteiger partial charge is 0.381 e. The second kappa shape index (κ2) is 7.77. The number of hydrogen-bond donors (Lipinski definition) is 1. The van der Waals surface area contributed by atoms with E-state index < -0.39 is 0 Å². The smallest absolute Gasteiger partial charge is 0.0480 e. The molecule has 1 fully saturated rings. The fourth-order valence-corrected chi connectivity index (χ4v) is 3.27. The lowest BCUT2D eigenvalue weighted by molar-refractivity contribution is 0.0372. The van der Waals surface area contributed by atoms with Gasteiger partial charge in [0.2, 0.25) is 0 Å². The van der Waals surface area contributed by atoms with Crippen molar-refractivity contribution in [3.05, 3.63) is 35.9 Å². The SMILES string of the molecule is CNC(c1ccccc1)C(C)CN(C)C1CCOCC1. The van der Waals surface area contributed by atoms with Crippen molar-refractivity contribution in [1.82, 2.24) is 10.2 Å². The van der Waals surface area contributed by atoms with E-state index >= 15 is 0 Å². The summed E-state index contributed by atoms with van der Waals surface area (Å²) in [7, 11) is 4.31. The zero-order valence-corrected chi connectivity index (χ0v) is 13.0. The minimum absolute atomic E-state index is 0.415. The molecule has 0 radical (unpaired) electrons. The Hall–Kier alpha value is -0.900. The zero-order chi connectivity index (χ0) is 14.4. The van der Waals surface area contributed by atoms with Crippen molar-refractivity contribution in [3.63, 3.8) is 0 Å². The average Bonchev–Trinajstić information content (AvgIpc) is 2.50. The van der Waals surface area contributed by atoms with Gasteiger partial charge in [-0.2, -0.15) is 0 Å². The minimum Gasteiger partial charge on any atom is -0.381 e. The quantitative estimate of drug-likeness (QED) is 0.864. The van der Waals surface area contributed by atoms with Gasteiger partial charge in [0, 0.05) is 31.8 Å². The first-order valence-electron chi connectivity index (χ1n) is 7.72. The molecular formula is C17H28N2O. The minimum atomic E-state index is 0.415. The van der Waals surface area contributed by atoms with E-state index in [0.717, 1.165) is 19.8 Å². The molecule has 0 aromatic heterocycles. The van der Waals surface area contributed by atoms with E-state index in [1.165, 1.54) is 18.4 Å². The second-order valence-corrected chi connectivity index (χ2v) is 5.94. The summed E-state index contributed by atoms with van der Waals surface area (Å²) in [6.07, 6.45) is 2.33. The predicted molar refractivity (Wildman–Crippen MR) is 83.9 cm³/mol. The van der Waals surface area contributed by atoms with Crippen molar-refractivity contribution < 1.29 is 4.74 Å². The van der Waals surface area contributed by atoms with Gasteiger partial charge >= 0.3 is 0 Å². The number of ether oxygens (including phenoxy) is 1. The highest BCUT2D eigenvalue weighted by Crippen LogP contribution is 2.23. The van der Waals surface area contributed by atoms with Gasteiger partial charge in [-0.15, -0.1) is 0 Å². The van der Waals surface area contributed by atoms with E-state index in [1.54, 1.807) is 0 Å². The molecule has 112 valence electrons. The summed E-state index contributed by atoms with van der Waals surface area (Å²) in [5.41, 5.74) is 1.38. The zero-order valence-electron chi connectivity index (χ0n) is 13.0. The van der Waals surface area contributed by atoms with Gasteiger partial charge < -0.3 is 15.0 Å². The number of nitrogens with zero attached hydrogens (tertiary/aromatic N) is 1. The normalized spacial score (nSPS) is 20.0. The van der Waals surface area contributed by atoms with Crippen LogP contribution >= 0.6 is 0 Å². The molecule has 2 unspecified atom stereocenters. The summed E-state index contributed by atoms with van der Waals surface area (Å²) in [6.45, 7) is 5.28. The second-order valence-electron chi connectivity index (χ2n) is 5.94. The van der Waals surface area contributed by atoms with Crippen LogP contribution in [0.1, 0.15) is 31.4 Å². The highest BCUT2D eigenvalue weighted by Gasteiger charge is 2.23. The van der Waals surface area contributed by atoms with Gasteiger partial charge in [0.25, 0.3) is 0 Å². The summed E-state index contributed by atoms with van der Waals surface area (Å²) in [5, 5.41) is 3.48. The molecule has 0 saturated carbocycles. The third kappa shape index (κ3) is 4.05. The lowest BCUT2D eigenvalue weighted by atomic mass is 9.93. The van der Waals surface area contributed by atoms with Crippen molar-refractivity contribution in [2.24, 2.45) is 5.92 Å². The van der Waals surface area contributed by atoms with Crippen LogP contribution in [0.2, 0.25) is 0 Å². The van der Waals surface area contributed by atoms with Gasteiger partial charge in [0.05, 0.1) is 0 Å². The van der Waals surface area contributed by atoms with Crippen LogP contribution in [-0.4, -0.2) is 44.8 Å². The molecule has 3 heteroatoms. The Morgan fingerprint density at radius 2 is 1.90 bits per heavy atom. The summed E-state index contributed by atoms with van der Waals surface area (Å²) >= 11 is 0. The Labute approximate surface area is 123 Å². The van der Waals surface area contributed by atoms with Gasteiger partial charge in [0.15, 0.2) is 0 Å². The topological polar surface area (TPSA) is 24.5 Å². The van der Waals surface area contributed by atoms with Crippen molar-refractivity contribution >= 4 is 0 Å². The molecule has 3 nitrogen and oxygen atoms in total. The molecule has 1 aromatic carbocycles.